The van der Waals surface area contributed by atoms with Gasteiger partial charge in [-0.15, -0.1) is 0 Å². The Morgan fingerprint density at radius 1 is 0.897 bits per heavy atom. The number of hydrogen-bond acceptors (Lipinski definition) is 5. The highest BCUT2D eigenvalue weighted by atomic mass is 32.2. The Labute approximate surface area is 175 Å². The SMILES string of the molecule is CN(C)c1ccc(CNSc2ccc(NC(=O)NCc3ccncc3)cc2)cc1. The lowest BCUT2D eigenvalue weighted by Crippen LogP contribution is -2.28. The molecule has 7 heteroatoms. The van der Waals surface area contributed by atoms with Crippen LogP contribution in [0.4, 0.5) is 16.2 Å². The largest absolute Gasteiger partial charge is 0.378 e. The Morgan fingerprint density at radius 3 is 2.21 bits per heavy atom. The number of nitrogens with one attached hydrogen (secondary N) is 3. The van der Waals surface area contributed by atoms with E-state index in [0.717, 1.165) is 22.7 Å². The molecular formula is C22H25N5OS. The number of nitrogens with zero attached hydrogens (tertiary/aromatic N) is 2. The Hall–Kier alpha value is -3.03. The number of carbonyl (C=O) groups is 1. The van der Waals surface area contributed by atoms with Gasteiger partial charge in [0, 0.05) is 55.8 Å². The molecule has 0 saturated carbocycles. The third-order valence-electron chi connectivity index (χ3n) is 4.23. The molecule has 0 atom stereocenters. The van der Waals surface area contributed by atoms with Gasteiger partial charge in [-0.3, -0.25) is 9.71 Å². The molecule has 0 aliphatic rings. The Morgan fingerprint density at radius 2 is 1.55 bits per heavy atom. The highest BCUT2D eigenvalue weighted by Crippen LogP contribution is 2.19. The van der Waals surface area contributed by atoms with E-state index >= 15 is 0 Å². The first-order valence-electron chi connectivity index (χ1n) is 9.30. The van der Waals surface area contributed by atoms with Crippen molar-refractivity contribution in [3.8, 4) is 0 Å². The van der Waals surface area contributed by atoms with Crippen molar-refractivity contribution in [2.24, 2.45) is 0 Å². The van der Waals surface area contributed by atoms with E-state index in [1.165, 1.54) is 11.3 Å². The number of hydrogen-bond donors (Lipinski definition) is 3. The molecule has 0 aliphatic heterocycles. The number of anilines is 2. The number of urea groups is 1. The van der Waals surface area contributed by atoms with E-state index in [1.54, 1.807) is 24.3 Å². The van der Waals surface area contributed by atoms with Crippen LogP contribution in [-0.4, -0.2) is 25.1 Å². The van der Waals surface area contributed by atoms with Crippen molar-refractivity contribution in [3.05, 3.63) is 84.2 Å². The van der Waals surface area contributed by atoms with Crippen molar-refractivity contribution in [2.45, 2.75) is 18.0 Å². The molecule has 3 aromatic rings. The quantitative estimate of drug-likeness (QED) is 0.487. The number of rotatable bonds is 8. The van der Waals surface area contributed by atoms with Gasteiger partial charge in [-0.2, -0.15) is 0 Å². The molecule has 150 valence electrons. The first-order chi connectivity index (χ1) is 14.1. The summed E-state index contributed by atoms with van der Waals surface area (Å²) in [4.78, 5) is 19.1. The number of aromatic nitrogens is 1. The summed E-state index contributed by atoms with van der Waals surface area (Å²) in [6.07, 6.45) is 3.41. The molecule has 0 saturated heterocycles. The van der Waals surface area contributed by atoms with Gasteiger partial charge in [0.05, 0.1) is 0 Å². The van der Waals surface area contributed by atoms with E-state index in [1.807, 2.05) is 50.5 Å². The second-order valence-corrected chi connectivity index (χ2v) is 7.64. The van der Waals surface area contributed by atoms with Crippen molar-refractivity contribution >= 4 is 29.4 Å². The second kappa shape index (κ2) is 10.5. The zero-order valence-electron chi connectivity index (χ0n) is 16.6. The standard InChI is InChI=1S/C22H25N5OS/c1-27(2)20-7-3-17(4-8-20)16-25-29-21-9-5-19(6-10-21)26-22(28)24-15-18-11-13-23-14-12-18/h3-14,25H,15-16H2,1-2H3,(H2,24,26,28). The summed E-state index contributed by atoms with van der Waals surface area (Å²) >= 11 is 1.57. The lowest BCUT2D eigenvalue weighted by molar-refractivity contribution is 0.251. The van der Waals surface area contributed by atoms with E-state index in [9.17, 15) is 4.79 Å². The van der Waals surface area contributed by atoms with Crippen LogP contribution < -0.4 is 20.3 Å². The van der Waals surface area contributed by atoms with Crippen LogP contribution in [0.2, 0.25) is 0 Å². The van der Waals surface area contributed by atoms with Crippen LogP contribution >= 0.6 is 11.9 Å². The molecule has 0 radical (unpaired) electrons. The van der Waals surface area contributed by atoms with E-state index in [4.69, 9.17) is 0 Å². The van der Waals surface area contributed by atoms with Crippen LogP contribution in [0, 0.1) is 0 Å². The third kappa shape index (κ3) is 6.81. The van der Waals surface area contributed by atoms with Crippen LogP contribution in [0.5, 0.6) is 0 Å². The lowest BCUT2D eigenvalue weighted by atomic mass is 10.2. The minimum atomic E-state index is -0.235. The minimum Gasteiger partial charge on any atom is -0.378 e. The molecule has 3 N–H and O–H groups in total. The predicted octanol–water partition coefficient (Wildman–Crippen LogP) is 4.27. The zero-order valence-corrected chi connectivity index (χ0v) is 17.4. The average Bonchev–Trinajstić information content (AvgIpc) is 2.75. The molecule has 1 aromatic heterocycles. The fourth-order valence-electron chi connectivity index (χ4n) is 2.58. The maximum atomic E-state index is 12.0. The van der Waals surface area contributed by atoms with Crippen LogP contribution in [0.3, 0.4) is 0 Å². The maximum absolute atomic E-state index is 12.0. The molecule has 3 rings (SSSR count). The van der Waals surface area contributed by atoms with Gasteiger partial charge in [0.15, 0.2) is 0 Å². The second-order valence-electron chi connectivity index (χ2n) is 6.67. The molecule has 0 aliphatic carbocycles. The molecule has 0 spiro atoms. The summed E-state index contributed by atoms with van der Waals surface area (Å²) < 4.78 is 3.36. The fraction of sp³-hybridized carbons (Fsp3) is 0.182. The van der Waals surface area contributed by atoms with Crippen molar-refractivity contribution < 1.29 is 4.79 Å². The van der Waals surface area contributed by atoms with E-state index in [2.05, 4.69) is 49.5 Å². The normalized spacial score (nSPS) is 10.4. The first-order valence-corrected chi connectivity index (χ1v) is 10.1. The van der Waals surface area contributed by atoms with E-state index in [-0.39, 0.29) is 6.03 Å². The van der Waals surface area contributed by atoms with Crippen LogP contribution in [0.15, 0.2) is 78.0 Å². The topological polar surface area (TPSA) is 69.3 Å². The molecule has 1 heterocycles. The smallest absolute Gasteiger partial charge is 0.319 e. The molecule has 0 unspecified atom stereocenters. The molecule has 29 heavy (non-hydrogen) atoms. The summed E-state index contributed by atoms with van der Waals surface area (Å²) in [6.45, 7) is 1.23. The third-order valence-corrected chi connectivity index (χ3v) is 5.03. The van der Waals surface area contributed by atoms with Crippen molar-refractivity contribution in [2.75, 3.05) is 24.3 Å². The number of benzene rings is 2. The Bertz CT molecular complexity index is 899. The monoisotopic (exact) mass is 407 g/mol. The highest BCUT2D eigenvalue weighted by molar-refractivity contribution is 7.97. The molecule has 0 fully saturated rings. The fourth-order valence-corrected chi connectivity index (χ4v) is 3.26. The van der Waals surface area contributed by atoms with Crippen molar-refractivity contribution in [1.29, 1.82) is 0 Å². The summed E-state index contributed by atoms with van der Waals surface area (Å²) in [7, 11) is 4.07. The van der Waals surface area contributed by atoms with Gasteiger partial charge in [-0.05, 0) is 71.6 Å². The van der Waals surface area contributed by atoms with Crippen LogP contribution in [0.1, 0.15) is 11.1 Å². The van der Waals surface area contributed by atoms with Crippen molar-refractivity contribution in [1.82, 2.24) is 15.0 Å². The summed E-state index contributed by atoms with van der Waals surface area (Å²) in [5.74, 6) is 0. The number of carbonyl (C=O) groups excluding carboxylic acids is 1. The van der Waals surface area contributed by atoms with E-state index < -0.39 is 0 Å². The molecule has 0 bridgehead atoms. The minimum absolute atomic E-state index is 0.235. The lowest BCUT2D eigenvalue weighted by Gasteiger charge is -2.13. The first kappa shape index (κ1) is 20.7. The average molecular weight is 408 g/mol. The van der Waals surface area contributed by atoms with Crippen LogP contribution in [-0.2, 0) is 13.1 Å². The Kier molecular flexibility index (Phi) is 7.49. The van der Waals surface area contributed by atoms with Crippen molar-refractivity contribution in [3.63, 3.8) is 0 Å². The molecule has 6 nitrogen and oxygen atoms in total. The predicted molar refractivity (Wildman–Crippen MR) is 120 cm³/mol. The Balaban J connectivity index is 1.40. The molecule has 2 aromatic carbocycles. The van der Waals surface area contributed by atoms with Gasteiger partial charge < -0.3 is 15.5 Å². The van der Waals surface area contributed by atoms with Gasteiger partial charge in [0.2, 0.25) is 0 Å². The summed E-state index contributed by atoms with van der Waals surface area (Å²) in [5, 5.41) is 5.66. The zero-order chi connectivity index (χ0) is 20.5. The van der Waals surface area contributed by atoms with E-state index in [0.29, 0.717) is 6.54 Å². The highest BCUT2D eigenvalue weighted by Gasteiger charge is 2.03. The summed E-state index contributed by atoms with van der Waals surface area (Å²) in [5.41, 5.74) is 4.17. The van der Waals surface area contributed by atoms with Gasteiger partial charge >= 0.3 is 6.03 Å². The van der Waals surface area contributed by atoms with Crippen LogP contribution in [0.25, 0.3) is 0 Å². The number of amides is 2. The van der Waals surface area contributed by atoms with Gasteiger partial charge in [0.25, 0.3) is 0 Å². The van der Waals surface area contributed by atoms with Gasteiger partial charge in [-0.25, -0.2) is 4.79 Å². The van der Waals surface area contributed by atoms with Gasteiger partial charge in [0.1, 0.15) is 0 Å². The summed E-state index contributed by atoms with van der Waals surface area (Å²) in [6, 6.07) is 19.7. The number of pyridine rings is 1. The van der Waals surface area contributed by atoms with Gasteiger partial charge in [-0.1, -0.05) is 12.1 Å². The molecular weight excluding hydrogens is 382 g/mol. The maximum Gasteiger partial charge on any atom is 0.319 e. The molecule has 2 amide bonds.